The topological polar surface area (TPSA) is 159 Å². The standard InChI is InChI=1S/C39H59N5O7S/c1-4-5-15-40-37(47)27(2)20-35(45)33(22-28-9-7-6-8-10-28)42-39(49)34(24-31-25-52-26-41-31)43-38(48)30(21-29-11-13-32(50-3)14-12-29)23-36(46)44-16-18-51-19-17-44/h11-14,25-28,30,33-35,45H,4-10,15-24H2,1-3H3,(H,40,47)(H,42,49)(H,43,48)/t27-,30-,33+,34+,35+/m1/s1. The number of nitrogens with one attached hydrogen (secondary N) is 3. The molecule has 4 rings (SSSR count). The quantitative estimate of drug-likeness (QED) is 0.148. The van der Waals surface area contributed by atoms with E-state index < -0.39 is 41.8 Å². The van der Waals surface area contributed by atoms with Crippen LogP contribution < -0.4 is 20.7 Å². The zero-order chi connectivity index (χ0) is 37.3. The lowest BCUT2D eigenvalue weighted by Gasteiger charge is -2.32. The number of thiazole rings is 1. The number of ether oxygens (including phenoxy) is 2. The summed E-state index contributed by atoms with van der Waals surface area (Å²) < 4.78 is 10.7. The van der Waals surface area contributed by atoms with Crippen LogP contribution in [0.4, 0.5) is 0 Å². The average Bonchev–Trinajstić information content (AvgIpc) is 3.68. The van der Waals surface area contributed by atoms with Gasteiger partial charge >= 0.3 is 0 Å². The number of rotatable bonds is 20. The summed E-state index contributed by atoms with van der Waals surface area (Å²) in [4.78, 5) is 60.7. The Morgan fingerprint density at radius 1 is 1.02 bits per heavy atom. The monoisotopic (exact) mass is 741 g/mol. The van der Waals surface area contributed by atoms with Gasteiger partial charge in [-0.2, -0.15) is 0 Å². The molecule has 1 saturated heterocycles. The molecule has 2 heterocycles. The molecule has 288 valence electrons. The Labute approximate surface area is 312 Å². The Balaban J connectivity index is 1.53. The van der Waals surface area contributed by atoms with Crippen LogP contribution in [0.15, 0.2) is 35.2 Å². The van der Waals surface area contributed by atoms with E-state index in [1.54, 1.807) is 24.4 Å². The minimum absolute atomic E-state index is 0.0237. The first-order chi connectivity index (χ1) is 25.2. The van der Waals surface area contributed by atoms with E-state index in [2.05, 4.69) is 27.9 Å². The van der Waals surface area contributed by atoms with Crippen LogP contribution in [0, 0.1) is 17.8 Å². The summed E-state index contributed by atoms with van der Waals surface area (Å²) in [5.41, 5.74) is 3.20. The third-order valence-corrected chi connectivity index (χ3v) is 10.9. The molecule has 0 unspecified atom stereocenters. The van der Waals surface area contributed by atoms with E-state index in [9.17, 15) is 24.3 Å². The molecule has 0 spiro atoms. The molecular weight excluding hydrogens is 683 g/mol. The van der Waals surface area contributed by atoms with Crippen molar-refractivity contribution in [1.82, 2.24) is 25.8 Å². The largest absolute Gasteiger partial charge is 0.497 e. The molecule has 0 radical (unpaired) electrons. The number of benzene rings is 1. The van der Waals surface area contributed by atoms with Crippen molar-refractivity contribution in [2.45, 2.75) is 109 Å². The summed E-state index contributed by atoms with van der Waals surface area (Å²) in [7, 11) is 1.59. The summed E-state index contributed by atoms with van der Waals surface area (Å²) in [5, 5.41) is 22.5. The number of carbonyl (C=O) groups excluding carboxylic acids is 4. The molecule has 4 N–H and O–H groups in total. The second kappa shape index (κ2) is 21.9. The van der Waals surface area contributed by atoms with Crippen molar-refractivity contribution in [3.8, 4) is 5.75 Å². The Morgan fingerprint density at radius 2 is 1.75 bits per heavy atom. The lowest BCUT2D eigenvalue weighted by Crippen LogP contribution is -2.55. The van der Waals surface area contributed by atoms with Crippen LogP contribution in [0.3, 0.4) is 0 Å². The molecule has 1 aromatic heterocycles. The summed E-state index contributed by atoms with van der Waals surface area (Å²) >= 11 is 1.40. The van der Waals surface area contributed by atoms with Crippen molar-refractivity contribution in [2.24, 2.45) is 17.8 Å². The van der Waals surface area contributed by atoms with Crippen LogP contribution in [0.25, 0.3) is 0 Å². The molecule has 1 aliphatic heterocycles. The van der Waals surface area contributed by atoms with Crippen molar-refractivity contribution >= 4 is 35.0 Å². The predicted molar refractivity (Wildman–Crippen MR) is 201 cm³/mol. The lowest BCUT2D eigenvalue weighted by atomic mass is 9.82. The van der Waals surface area contributed by atoms with Gasteiger partial charge in [0.2, 0.25) is 23.6 Å². The second-order valence-corrected chi connectivity index (χ2v) is 15.1. The predicted octanol–water partition coefficient (Wildman–Crippen LogP) is 4.05. The minimum Gasteiger partial charge on any atom is -0.497 e. The molecule has 13 heteroatoms. The van der Waals surface area contributed by atoms with Gasteiger partial charge in [0.05, 0.1) is 49.6 Å². The zero-order valence-electron chi connectivity index (χ0n) is 31.1. The maximum Gasteiger partial charge on any atom is 0.243 e. The number of hydrogen-bond donors (Lipinski definition) is 4. The molecule has 0 bridgehead atoms. The number of morpholine rings is 1. The summed E-state index contributed by atoms with van der Waals surface area (Å²) in [6.07, 6.45) is 7.55. The average molecular weight is 742 g/mol. The third kappa shape index (κ3) is 13.5. The van der Waals surface area contributed by atoms with Crippen LogP contribution in [-0.4, -0.2) is 96.8 Å². The molecular formula is C39H59N5O7S. The fourth-order valence-corrected chi connectivity index (χ4v) is 7.65. The highest BCUT2D eigenvalue weighted by molar-refractivity contribution is 7.07. The molecule has 1 aliphatic carbocycles. The van der Waals surface area contributed by atoms with Gasteiger partial charge in [-0.15, -0.1) is 11.3 Å². The van der Waals surface area contributed by atoms with E-state index in [1.165, 1.54) is 17.8 Å². The molecule has 12 nitrogen and oxygen atoms in total. The Morgan fingerprint density at radius 3 is 2.40 bits per heavy atom. The molecule has 1 aromatic carbocycles. The first-order valence-corrected chi connectivity index (χ1v) is 20.0. The highest BCUT2D eigenvalue weighted by atomic mass is 32.1. The number of hydrogen-bond acceptors (Lipinski definition) is 9. The van der Waals surface area contributed by atoms with Crippen molar-refractivity contribution in [2.75, 3.05) is 40.0 Å². The number of aliphatic hydroxyl groups excluding tert-OH is 1. The summed E-state index contributed by atoms with van der Waals surface area (Å²) in [5.74, 6) is -1.24. The van der Waals surface area contributed by atoms with Crippen LogP contribution in [0.2, 0.25) is 0 Å². The normalized spacial score (nSPS) is 18.0. The van der Waals surface area contributed by atoms with E-state index in [1.807, 2.05) is 29.6 Å². The van der Waals surface area contributed by atoms with E-state index in [0.29, 0.717) is 56.6 Å². The number of unbranched alkanes of at least 4 members (excludes halogenated alkanes) is 1. The SMILES string of the molecule is CCCCNC(=O)[C@H](C)C[C@H](O)[C@H](CC1CCCCC1)NC(=O)[C@H](Cc1cscn1)NC(=O)[C@@H](CC(=O)N1CCOCC1)Cc1ccc(OC)cc1. The smallest absolute Gasteiger partial charge is 0.243 e. The number of aromatic nitrogens is 1. The number of nitrogens with zero attached hydrogens (tertiary/aromatic N) is 2. The van der Waals surface area contributed by atoms with Gasteiger partial charge in [-0.3, -0.25) is 19.2 Å². The zero-order valence-corrected chi connectivity index (χ0v) is 32.0. The number of amides is 4. The van der Waals surface area contributed by atoms with Crippen LogP contribution in [0.1, 0.15) is 89.3 Å². The van der Waals surface area contributed by atoms with Gasteiger partial charge in [-0.25, -0.2) is 4.98 Å². The first-order valence-electron chi connectivity index (χ1n) is 19.1. The van der Waals surface area contributed by atoms with Crippen LogP contribution in [-0.2, 0) is 36.8 Å². The summed E-state index contributed by atoms with van der Waals surface area (Å²) in [6, 6.07) is 5.79. The van der Waals surface area contributed by atoms with E-state index >= 15 is 0 Å². The maximum atomic E-state index is 14.2. The molecule has 4 amide bonds. The molecule has 5 atom stereocenters. The Kier molecular flexibility index (Phi) is 17.3. The van der Waals surface area contributed by atoms with Crippen molar-refractivity contribution in [3.05, 3.63) is 46.4 Å². The van der Waals surface area contributed by atoms with Crippen LogP contribution in [0.5, 0.6) is 5.75 Å². The molecule has 1 saturated carbocycles. The second-order valence-electron chi connectivity index (χ2n) is 14.4. The van der Waals surface area contributed by atoms with Crippen molar-refractivity contribution in [1.29, 1.82) is 0 Å². The number of methoxy groups -OCH3 is 1. The maximum absolute atomic E-state index is 14.2. The van der Waals surface area contributed by atoms with Gasteiger partial charge in [0.25, 0.3) is 0 Å². The molecule has 2 aliphatic rings. The van der Waals surface area contributed by atoms with Crippen molar-refractivity contribution < 1.29 is 33.8 Å². The van der Waals surface area contributed by atoms with Crippen molar-refractivity contribution in [3.63, 3.8) is 0 Å². The van der Waals surface area contributed by atoms with Gasteiger partial charge < -0.3 is 35.4 Å². The first kappa shape index (κ1) is 41.2. The molecule has 2 fully saturated rings. The highest BCUT2D eigenvalue weighted by Gasteiger charge is 2.34. The van der Waals surface area contributed by atoms with Gasteiger partial charge in [0.1, 0.15) is 11.8 Å². The Bertz CT molecular complexity index is 1380. The third-order valence-electron chi connectivity index (χ3n) is 10.3. The van der Waals surface area contributed by atoms with E-state index in [4.69, 9.17) is 9.47 Å². The van der Waals surface area contributed by atoms with E-state index in [-0.39, 0.29) is 37.5 Å². The van der Waals surface area contributed by atoms with Gasteiger partial charge in [-0.05, 0) is 49.3 Å². The fraction of sp³-hybridized carbons (Fsp3) is 0.667. The van der Waals surface area contributed by atoms with Gasteiger partial charge in [0, 0.05) is 43.8 Å². The number of aliphatic hydroxyl groups is 1. The van der Waals surface area contributed by atoms with Crippen LogP contribution >= 0.6 is 11.3 Å². The number of carbonyl (C=O) groups is 4. The summed E-state index contributed by atoms with van der Waals surface area (Å²) in [6.45, 7) is 6.29. The highest BCUT2D eigenvalue weighted by Crippen LogP contribution is 2.29. The fourth-order valence-electron chi connectivity index (χ4n) is 7.08. The molecule has 2 aromatic rings. The Hall–Kier alpha value is -3.55. The van der Waals surface area contributed by atoms with Gasteiger partial charge in [-0.1, -0.05) is 64.5 Å². The lowest BCUT2D eigenvalue weighted by molar-refractivity contribution is -0.140. The van der Waals surface area contributed by atoms with E-state index in [0.717, 1.165) is 44.1 Å². The molecule has 52 heavy (non-hydrogen) atoms. The minimum atomic E-state index is -0.998. The van der Waals surface area contributed by atoms with Gasteiger partial charge in [0.15, 0.2) is 0 Å².